The predicted octanol–water partition coefficient (Wildman–Crippen LogP) is 4.99. The SMILES string of the molecule is C=CCN1C(=O)/C(=C/c2cn(Cc3ccc([N+](=O)[O-])cc3)c3ccccc23)SC1=S. The largest absolute Gasteiger partial charge is 0.342 e. The van der Waals surface area contributed by atoms with E-state index in [0.717, 1.165) is 22.0 Å². The van der Waals surface area contributed by atoms with Crippen LogP contribution in [0.5, 0.6) is 0 Å². The predicted molar refractivity (Wildman–Crippen MR) is 124 cm³/mol. The zero-order chi connectivity index (χ0) is 21.3. The number of para-hydroxylation sites is 1. The van der Waals surface area contributed by atoms with Crippen LogP contribution in [0.25, 0.3) is 17.0 Å². The van der Waals surface area contributed by atoms with E-state index in [-0.39, 0.29) is 11.6 Å². The number of hydrogen-bond donors (Lipinski definition) is 0. The summed E-state index contributed by atoms with van der Waals surface area (Å²) in [5, 5.41) is 11.9. The molecule has 0 aliphatic carbocycles. The molecule has 30 heavy (non-hydrogen) atoms. The van der Waals surface area contributed by atoms with Gasteiger partial charge in [-0.25, -0.2) is 0 Å². The summed E-state index contributed by atoms with van der Waals surface area (Å²) in [6, 6.07) is 14.5. The van der Waals surface area contributed by atoms with E-state index in [1.807, 2.05) is 36.5 Å². The van der Waals surface area contributed by atoms with Crippen molar-refractivity contribution >= 4 is 56.9 Å². The van der Waals surface area contributed by atoms with Gasteiger partial charge in [0, 0.05) is 47.9 Å². The van der Waals surface area contributed by atoms with Gasteiger partial charge in [0.15, 0.2) is 0 Å². The van der Waals surface area contributed by atoms with Crippen molar-refractivity contribution in [1.29, 1.82) is 0 Å². The molecule has 1 aromatic heterocycles. The van der Waals surface area contributed by atoms with Crippen molar-refractivity contribution < 1.29 is 9.72 Å². The molecule has 0 unspecified atom stereocenters. The molecule has 1 aliphatic rings. The van der Waals surface area contributed by atoms with Crippen molar-refractivity contribution in [2.24, 2.45) is 0 Å². The van der Waals surface area contributed by atoms with E-state index in [2.05, 4.69) is 11.1 Å². The minimum Gasteiger partial charge on any atom is -0.342 e. The third-order valence-corrected chi connectivity index (χ3v) is 6.17. The first-order chi connectivity index (χ1) is 14.5. The van der Waals surface area contributed by atoms with Crippen LogP contribution < -0.4 is 0 Å². The third-order valence-electron chi connectivity index (χ3n) is 4.79. The van der Waals surface area contributed by atoms with Crippen LogP contribution in [0.3, 0.4) is 0 Å². The van der Waals surface area contributed by atoms with Gasteiger partial charge in [0.25, 0.3) is 11.6 Å². The van der Waals surface area contributed by atoms with E-state index in [9.17, 15) is 14.9 Å². The summed E-state index contributed by atoms with van der Waals surface area (Å²) in [7, 11) is 0. The second kappa shape index (κ2) is 8.25. The van der Waals surface area contributed by atoms with E-state index >= 15 is 0 Å². The summed E-state index contributed by atoms with van der Waals surface area (Å²) in [6.07, 6.45) is 5.52. The van der Waals surface area contributed by atoms with E-state index in [4.69, 9.17) is 12.2 Å². The number of fused-ring (bicyclic) bond motifs is 1. The molecule has 0 N–H and O–H groups in total. The van der Waals surface area contributed by atoms with Crippen LogP contribution in [0, 0.1) is 10.1 Å². The number of carbonyl (C=O) groups is 1. The monoisotopic (exact) mass is 435 g/mol. The second-order valence-corrected chi connectivity index (χ2v) is 8.41. The minimum atomic E-state index is -0.407. The number of hydrogen-bond acceptors (Lipinski definition) is 5. The fraction of sp³-hybridized carbons (Fsp3) is 0.0909. The summed E-state index contributed by atoms with van der Waals surface area (Å²) >= 11 is 6.61. The fourth-order valence-corrected chi connectivity index (χ4v) is 4.63. The molecule has 0 bridgehead atoms. The number of benzene rings is 2. The fourth-order valence-electron chi connectivity index (χ4n) is 3.37. The van der Waals surface area contributed by atoms with Crippen LogP contribution in [0.2, 0.25) is 0 Å². The van der Waals surface area contributed by atoms with Gasteiger partial charge in [-0.3, -0.25) is 19.8 Å². The number of nitro groups is 1. The summed E-state index contributed by atoms with van der Waals surface area (Å²) < 4.78 is 2.60. The highest BCUT2D eigenvalue weighted by Crippen LogP contribution is 2.34. The summed E-state index contributed by atoms with van der Waals surface area (Å²) in [5.74, 6) is -0.114. The lowest BCUT2D eigenvalue weighted by molar-refractivity contribution is -0.384. The number of aromatic nitrogens is 1. The Morgan fingerprint density at radius 3 is 2.60 bits per heavy atom. The quantitative estimate of drug-likeness (QED) is 0.179. The molecule has 2 aromatic carbocycles. The molecule has 8 heteroatoms. The Morgan fingerprint density at radius 1 is 1.17 bits per heavy atom. The maximum absolute atomic E-state index is 12.7. The molecule has 6 nitrogen and oxygen atoms in total. The number of amides is 1. The van der Waals surface area contributed by atoms with Crippen LogP contribution in [0.4, 0.5) is 5.69 Å². The Bertz CT molecular complexity index is 1210. The topological polar surface area (TPSA) is 68.4 Å². The van der Waals surface area contributed by atoms with Gasteiger partial charge in [-0.1, -0.05) is 60.4 Å². The van der Waals surface area contributed by atoms with Gasteiger partial charge in [-0.05, 0) is 17.7 Å². The molecule has 2 heterocycles. The summed E-state index contributed by atoms with van der Waals surface area (Å²) in [5.41, 5.74) is 2.96. The van der Waals surface area contributed by atoms with E-state index < -0.39 is 4.92 Å². The number of nitro benzene ring substituents is 1. The lowest BCUT2D eigenvalue weighted by Gasteiger charge is -2.10. The Balaban J connectivity index is 1.69. The number of nitrogens with zero attached hydrogens (tertiary/aromatic N) is 3. The van der Waals surface area contributed by atoms with E-state index in [0.29, 0.717) is 22.3 Å². The molecule has 0 radical (unpaired) electrons. The third kappa shape index (κ3) is 3.79. The molecule has 0 saturated carbocycles. The van der Waals surface area contributed by atoms with Crippen molar-refractivity contribution in [2.75, 3.05) is 6.54 Å². The Kier molecular flexibility index (Phi) is 5.52. The minimum absolute atomic E-state index is 0.0679. The average Bonchev–Trinajstić information content (AvgIpc) is 3.21. The highest BCUT2D eigenvalue weighted by Gasteiger charge is 2.31. The maximum atomic E-state index is 12.7. The van der Waals surface area contributed by atoms with Gasteiger partial charge >= 0.3 is 0 Å². The van der Waals surface area contributed by atoms with Crippen molar-refractivity contribution in [3.63, 3.8) is 0 Å². The molecule has 0 atom stereocenters. The number of thioether (sulfide) groups is 1. The number of rotatable bonds is 6. The Hall–Kier alpha value is -3.23. The van der Waals surface area contributed by atoms with Gasteiger partial charge in [-0.15, -0.1) is 6.58 Å². The first-order valence-electron chi connectivity index (χ1n) is 9.15. The Morgan fingerprint density at radius 2 is 1.90 bits per heavy atom. The first kappa shape index (κ1) is 20.1. The molecule has 1 aliphatic heterocycles. The van der Waals surface area contributed by atoms with E-state index in [1.54, 1.807) is 18.2 Å². The maximum Gasteiger partial charge on any atom is 0.269 e. The summed E-state index contributed by atoms with van der Waals surface area (Å²) in [4.78, 5) is 25.3. The lowest BCUT2D eigenvalue weighted by Crippen LogP contribution is -2.27. The zero-order valence-electron chi connectivity index (χ0n) is 15.9. The molecule has 4 rings (SSSR count). The Labute approximate surface area is 182 Å². The molecule has 0 spiro atoms. The van der Waals surface area contributed by atoms with Gasteiger partial charge in [0.1, 0.15) is 4.32 Å². The van der Waals surface area contributed by atoms with Gasteiger partial charge in [0.05, 0.1) is 9.83 Å². The molecular formula is C22H17N3O3S2. The van der Waals surface area contributed by atoms with Crippen molar-refractivity contribution in [3.8, 4) is 0 Å². The number of carbonyl (C=O) groups excluding carboxylic acids is 1. The lowest BCUT2D eigenvalue weighted by atomic mass is 10.1. The molecule has 150 valence electrons. The smallest absolute Gasteiger partial charge is 0.269 e. The zero-order valence-corrected chi connectivity index (χ0v) is 17.5. The van der Waals surface area contributed by atoms with E-state index in [1.165, 1.54) is 28.8 Å². The van der Waals surface area contributed by atoms with Crippen LogP contribution >= 0.6 is 24.0 Å². The van der Waals surface area contributed by atoms with Crippen molar-refractivity contribution in [1.82, 2.24) is 9.47 Å². The van der Waals surface area contributed by atoms with Crippen molar-refractivity contribution in [2.45, 2.75) is 6.54 Å². The average molecular weight is 436 g/mol. The molecule has 1 fully saturated rings. The second-order valence-electron chi connectivity index (χ2n) is 6.73. The highest BCUT2D eigenvalue weighted by molar-refractivity contribution is 8.26. The first-order valence-corrected chi connectivity index (χ1v) is 10.4. The normalized spacial score (nSPS) is 15.3. The van der Waals surface area contributed by atoms with Crippen LogP contribution in [-0.4, -0.2) is 31.2 Å². The van der Waals surface area contributed by atoms with Crippen LogP contribution in [0.15, 0.2) is 72.3 Å². The van der Waals surface area contributed by atoms with Gasteiger partial charge in [0.2, 0.25) is 0 Å². The van der Waals surface area contributed by atoms with Crippen LogP contribution in [0.1, 0.15) is 11.1 Å². The van der Waals surface area contributed by atoms with Gasteiger partial charge in [-0.2, -0.15) is 0 Å². The van der Waals surface area contributed by atoms with Crippen LogP contribution in [-0.2, 0) is 11.3 Å². The summed E-state index contributed by atoms with van der Waals surface area (Å²) in [6.45, 7) is 4.63. The highest BCUT2D eigenvalue weighted by atomic mass is 32.2. The molecule has 1 saturated heterocycles. The van der Waals surface area contributed by atoms with Gasteiger partial charge < -0.3 is 4.57 Å². The van der Waals surface area contributed by atoms with Crippen molar-refractivity contribution in [3.05, 3.63) is 93.5 Å². The molecule has 3 aromatic rings. The number of non-ortho nitro benzene ring substituents is 1. The standard InChI is InChI=1S/C22H17N3O3S2/c1-2-11-24-21(26)20(30-22(24)29)12-16-14-23(19-6-4-3-5-18(16)19)13-15-7-9-17(10-8-15)25(27)28/h2-10,12,14H,1,11,13H2/b20-12-. The molecular weight excluding hydrogens is 418 g/mol. The molecule has 1 amide bonds. The number of thiocarbonyl (C=S) groups is 1.